The summed E-state index contributed by atoms with van der Waals surface area (Å²) in [6.45, 7) is 0. The molecule has 0 spiro atoms. The van der Waals surface area contributed by atoms with Crippen LogP contribution in [0.2, 0.25) is 0 Å². The zero-order chi connectivity index (χ0) is 31.7. The van der Waals surface area contributed by atoms with E-state index in [0.717, 1.165) is 6.07 Å². The van der Waals surface area contributed by atoms with Crippen LogP contribution in [0.3, 0.4) is 0 Å². The van der Waals surface area contributed by atoms with E-state index in [1.165, 1.54) is 42.5 Å². The lowest BCUT2D eigenvalue weighted by atomic mass is 9.91. The van der Waals surface area contributed by atoms with Crippen LogP contribution in [-0.4, -0.2) is 30.4 Å². The van der Waals surface area contributed by atoms with Crippen molar-refractivity contribution in [3.05, 3.63) is 93.0 Å². The SMILES string of the molecule is N#Cc1ccc(C(=O)Nc2cccc(C(=O)Cc3c(Br)cc(C(F)(C(F)(F)F)C(F)(F)F)cc3OC(F)(F)F)c2)cc1. The van der Waals surface area contributed by atoms with Crippen molar-refractivity contribution in [2.45, 2.75) is 30.8 Å². The maximum absolute atomic E-state index is 14.6. The molecule has 0 heterocycles. The first-order valence-corrected chi connectivity index (χ1v) is 11.9. The van der Waals surface area contributed by atoms with Gasteiger partial charge in [0.1, 0.15) is 5.75 Å². The monoisotopic (exact) mass is 670 g/mol. The van der Waals surface area contributed by atoms with Crippen LogP contribution >= 0.6 is 15.9 Å². The lowest BCUT2D eigenvalue weighted by Crippen LogP contribution is -2.50. The molecule has 0 fully saturated rings. The molecule has 222 valence electrons. The summed E-state index contributed by atoms with van der Waals surface area (Å²) in [6.07, 6.45) is -20.0. The molecule has 0 unspecified atom stereocenters. The third kappa shape index (κ3) is 7.01. The number of carbonyl (C=O) groups excluding carboxylic acids is 2. The van der Waals surface area contributed by atoms with Crippen LogP contribution < -0.4 is 10.1 Å². The lowest BCUT2D eigenvalue weighted by Gasteiger charge is -2.31. The maximum Gasteiger partial charge on any atom is 0.573 e. The number of ketones is 1. The molecule has 16 heteroatoms. The highest BCUT2D eigenvalue weighted by Gasteiger charge is 2.73. The van der Waals surface area contributed by atoms with Gasteiger partial charge in [0.25, 0.3) is 5.91 Å². The quantitative estimate of drug-likeness (QED) is 0.203. The topological polar surface area (TPSA) is 79.2 Å². The second-order valence-electron chi connectivity index (χ2n) is 8.46. The highest BCUT2D eigenvalue weighted by molar-refractivity contribution is 9.10. The van der Waals surface area contributed by atoms with E-state index in [4.69, 9.17) is 5.26 Å². The Balaban J connectivity index is 1.98. The number of nitrogens with one attached hydrogen (secondary N) is 1. The number of nitriles is 1. The van der Waals surface area contributed by atoms with Crippen molar-refractivity contribution < 1.29 is 58.2 Å². The third-order valence-electron chi connectivity index (χ3n) is 5.62. The number of ether oxygens (including phenoxy) is 1. The summed E-state index contributed by atoms with van der Waals surface area (Å²) in [5.41, 5.74) is -8.96. The summed E-state index contributed by atoms with van der Waals surface area (Å²) in [7, 11) is 0. The Morgan fingerprint density at radius 2 is 1.43 bits per heavy atom. The number of anilines is 1. The van der Waals surface area contributed by atoms with Crippen LogP contribution in [0.4, 0.5) is 49.6 Å². The summed E-state index contributed by atoms with van der Waals surface area (Å²) in [6, 6.07) is 11.7. The van der Waals surface area contributed by atoms with Crippen molar-refractivity contribution in [2.75, 3.05) is 5.32 Å². The standard InChI is InChI=1S/C26H13BrF10N2O3/c27-19-9-16(23(28,24(29,30)31)25(32,33)34)10-21(42-26(35,36)37)18(19)11-20(40)15-2-1-3-17(8-15)39-22(41)14-6-4-13(12-38)5-7-14/h1-10H,11H2,(H,39,41). The van der Waals surface area contributed by atoms with Gasteiger partial charge in [-0.2, -0.15) is 31.6 Å². The average molecular weight is 671 g/mol. The second kappa shape index (κ2) is 11.6. The molecule has 0 bridgehead atoms. The maximum atomic E-state index is 14.6. The zero-order valence-electron chi connectivity index (χ0n) is 20.3. The van der Waals surface area contributed by atoms with Crippen LogP contribution in [0.1, 0.15) is 37.4 Å². The number of halogens is 11. The van der Waals surface area contributed by atoms with E-state index >= 15 is 0 Å². The number of amides is 1. The van der Waals surface area contributed by atoms with Gasteiger partial charge in [-0.15, -0.1) is 13.2 Å². The van der Waals surface area contributed by atoms with E-state index in [9.17, 15) is 53.5 Å². The molecule has 0 aliphatic carbocycles. The summed E-state index contributed by atoms with van der Waals surface area (Å²) in [5.74, 6) is -3.34. The molecule has 0 saturated carbocycles. The second-order valence-corrected chi connectivity index (χ2v) is 9.31. The molecular weight excluding hydrogens is 658 g/mol. The number of nitrogens with zero attached hydrogens (tertiary/aromatic N) is 1. The van der Waals surface area contributed by atoms with Crippen molar-refractivity contribution in [2.24, 2.45) is 0 Å². The number of rotatable bonds is 7. The van der Waals surface area contributed by atoms with Crippen molar-refractivity contribution >= 4 is 33.3 Å². The van der Waals surface area contributed by atoms with Gasteiger partial charge < -0.3 is 10.1 Å². The van der Waals surface area contributed by atoms with Crippen molar-refractivity contribution in [3.63, 3.8) is 0 Å². The fourth-order valence-electron chi connectivity index (χ4n) is 3.62. The Morgan fingerprint density at radius 3 is 1.95 bits per heavy atom. The van der Waals surface area contributed by atoms with Gasteiger partial charge in [-0.05, 0) is 48.5 Å². The lowest BCUT2D eigenvalue weighted by molar-refractivity contribution is -0.348. The fourth-order valence-corrected chi connectivity index (χ4v) is 4.20. The summed E-state index contributed by atoms with van der Waals surface area (Å²) in [5, 5.41) is 11.3. The van der Waals surface area contributed by atoms with Gasteiger partial charge >= 0.3 is 24.4 Å². The Bertz CT molecular complexity index is 1530. The fraction of sp³-hybridized carbons (Fsp3) is 0.192. The van der Waals surface area contributed by atoms with Gasteiger partial charge in [-0.1, -0.05) is 28.1 Å². The van der Waals surface area contributed by atoms with E-state index in [1.54, 1.807) is 0 Å². The predicted molar refractivity (Wildman–Crippen MR) is 129 cm³/mol. The molecule has 1 N–H and O–H groups in total. The van der Waals surface area contributed by atoms with Crippen molar-refractivity contribution in [3.8, 4) is 11.8 Å². The van der Waals surface area contributed by atoms with Crippen LogP contribution in [-0.2, 0) is 12.1 Å². The number of hydrogen-bond donors (Lipinski definition) is 1. The number of Topliss-reactive ketones (excluding diaryl/α,β-unsaturated/α-hetero) is 1. The number of hydrogen-bond acceptors (Lipinski definition) is 4. The van der Waals surface area contributed by atoms with E-state index in [-0.39, 0.29) is 28.4 Å². The summed E-state index contributed by atoms with van der Waals surface area (Å²) < 4.78 is 136. The minimum absolute atomic E-state index is 0.0361. The first kappa shape index (κ1) is 32.4. The van der Waals surface area contributed by atoms with E-state index < -0.39 is 69.9 Å². The van der Waals surface area contributed by atoms with Gasteiger partial charge in [0.15, 0.2) is 5.78 Å². The van der Waals surface area contributed by atoms with E-state index in [1.807, 2.05) is 6.07 Å². The predicted octanol–water partition coefficient (Wildman–Crippen LogP) is 8.19. The van der Waals surface area contributed by atoms with Crippen LogP contribution in [0, 0.1) is 11.3 Å². The molecule has 5 nitrogen and oxygen atoms in total. The molecule has 0 radical (unpaired) electrons. The van der Waals surface area contributed by atoms with E-state index in [0.29, 0.717) is 0 Å². The van der Waals surface area contributed by atoms with Gasteiger partial charge in [-0.3, -0.25) is 9.59 Å². The largest absolute Gasteiger partial charge is 0.573 e. The van der Waals surface area contributed by atoms with Gasteiger partial charge in [0.2, 0.25) is 0 Å². The first-order valence-electron chi connectivity index (χ1n) is 11.1. The third-order valence-corrected chi connectivity index (χ3v) is 6.32. The molecule has 42 heavy (non-hydrogen) atoms. The Hall–Kier alpha value is -4.13. The average Bonchev–Trinajstić information content (AvgIpc) is 2.87. The summed E-state index contributed by atoms with van der Waals surface area (Å²) >= 11 is 2.54. The molecule has 1 amide bonds. The normalized spacial score (nSPS) is 12.4. The van der Waals surface area contributed by atoms with E-state index in [2.05, 4.69) is 26.0 Å². The molecule has 0 aliphatic heterocycles. The molecule has 0 aromatic heterocycles. The number of benzene rings is 3. The molecular formula is C26H13BrF10N2O3. The smallest absolute Gasteiger partial charge is 0.405 e. The van der Waals surface area contributed by atoms with Crippen LogP contribution in [0.5, 0.6) is 5.75 Å². The van der Waals surface area contributed by atoms with Crippen molar-refractivity contribution in [1.29, 1.82) is 5.26 Å². The molecule has 3 aromatic carbocycles. The highest BCUT2D eigenvalue weighted by atomic mass is 79.9. The Morgan fingerprint density at radius 1 is 0.833 bits per heavy atom. The van der Waals surface area contributed by atoms with Gasteiger partial charge in [-0.25, -0.2) is 4.39 Å². The van der Waals surface area contributed by atoms with Crippen LogP contribution in [0.15, 0.2) is 65.1 Å². The van der Waals surface area contributed by atoms with Gasteiger partial charge in [0, 0.05) is 38.8 Å². The molecule has 3 rings (SSSR count). The highest BCUT2D eigenvalue weighted by Crippen LogP contribution is 2.54. The number of alkyl halides is 10. The molecule has 0 atom stereocenters. The molecule has 0 aliphatic rings. The molecule has 3 aromatic rings. The minimum Gasteiger partial charge on any atom is -0.405 e. The summed E-state index contributed by atoms with van der Waals surface area (Å²) in [4.78, 5) is 25.4. The Labute approximate surface area is 237 Å². The first-order chi connectivity index (χ1) is 19.3. The number of carbonyl (C=O) groups is 2. The minimum atomic E-state index is -6.62. The Kier molecular flexibility index (Phi) is 8.97. The zero-order valence-corrected chi connectivity index (χ0v) is 21.9. The van der Waals surface area contributed by atoms with Crippen LogP contribution in [0.25, 0.3) is 0 Å². The molecule has 0 saturated heterocycles. The van der Waals surface area contributed by atoms with Crippen molar-refractivity contribution in [1.82, 2.24) is 0 Å². The van der Waals surface area contributed by atoms with Gasteiger partial charge in [0.05, 0.1) is 11.6 Å².